The minimum atomic E-state index is -0.193. The molecule has 3 nitrogen and oxygen atoms in total. The molecule has 0 saturated carbocycles. The standard InChI is InChI=1S/C12H19NO2S2/c1-3-16-8-6-11(12(14)15-2)13-9-10-5-4-7-17-10/h4-5,7,11,13H,3,6,8-9H2,1-2H3. The van der Waals surface area contributed by atoms with E-state index in [-0.39, 0.29) is 12.0 Å². The van der Waals surface area contributed by atoms with Gasteiger partial charge in [0.25, 0.3) is 0 Å². The summed E-state index contributed by atoms with van der Waals surface area (Å²) in [5.74, 6) is 1.89. The smallest absolute Gasteiger partial charge is 0.322 e. The molecular formula is C12H19NO2S2. The lowest BCUT2D eigenvalue weighted by Gasteiger charge is -2.15. The van der Waals surface area contributed by atoms with Crippen LogP contribution in [-0.2, 0) is 16.1 Å². The van der Waals surface area contributed by atoms with Gasteiger partial charge in [-0.15, -0.1) is 11.3 Å². The quantitative estimate of drug-likeness (QED) is 0.583. The van der Waals surface area contributed by atoms with E-state index in [4.69, 9.17) is 4.74 Å². The van der Waals surface area contributed by atoms with Crippen molar-refractivity contribution in [1.82, 2.24) is 5.32 Å². The van der Waals surface area contributed by atoms with Gasteiger partial charge in [-0.2, -0.15) is 11.8 Å². The summed E-state index contributed by atoms with van der Waals surface area (Å²) < 4.78 is 4.81. The zero-order valence-electron chi connectivity index (χ0n) is 10.3. The molecule has 96 valence electrons. The summed E-state index contributed by atoms with van der Waals surface area (Å²) in [7, 11) is 1.44. The van der Waals surface area contributed by atoms with Crippen molar-refractivity contribution in [1.29, 1.82) is 0 Å². The van der Waals surface area contributed by atoms with E-state index in [1.54, 1.807) is 11.3 Å². The molecule has 0 aliphatic carbocycles. The molecule has 0 saturated heterocycles. The molecule has 1 atom stereocenters. The lowest BCUT2D eigenvalue weighted by atomic mass is 10.2. The summed E-state index contributed by atoms with van der Waals surface area (Å²) in [5, 5.41) is 5.29. The SMILES string of the molecule is CCSCCC(NCc1cccs1)C(=O)OC. The number of carbonyl (C=O) groups excluding carboxylic acids is 1. The van der Waals surface area contributed by atoms with E-state index in [9.17, 15) is 4.79 Å². The zero-order valence-corrected chi connectivity index (χ0v) is 11.9. The van der Waals surface area contributed by atoms with Crippen LogP contribution >= 0.6 is 23.1 Å². The maximum atomic E-state index is 11.6. The largest absolute Gasteiger partial charge is 0.468 e. The number of hydrogen-bond acceptors (Lipinski definition) is 5. The van der Waals surface area contributed by atoms with Crippen molar-refractivity contribution in [3.05, 3.63) is 22.4 Å². The average molecular weight is 273 g/mol. The van der Waals surface area contributed by atoms with Crippen LogP contribution < -0.4 is 5.32 Å². The van der Waals surface area contributed by atoms with Crippen LogP contribution in [0.25, 0.3) is 0 Å². The fraction of sp³-hybridized carbons (Fsp3) is 0.583. The maximum Gasteiger partial charge on any atom is 0.322 e. The van der Waals surface area contributed by atoms with Gasteiger partial charge in [-0.3, -0.25) is 10.1 Å². The lowest BCUT2D eigenvalue weighted by Crippen LogP contribution is -2.37. The minimum absolute atomic E-state index is 0.168. The van der Waals surface area contributed by atoms with Crippen LogP contribution in [0.4, 0.5) is 0 Å². The molecule has 1 heterocycles. The predicted molar refractivity (Wildman–Crippen MR) is 74.6 cm³/mol. The van der Waals surface area contributed by atoms with Crippen LogP contribution in [0.5, 0.6) is 0 Å². The number of thiophene rings is 1. The normalized spacial score (nSPS) is 12.4. The number of carbonyl (C=O) groups is 1. The van der Waals surface area contributed by atoms with Crippen LogP contribution in [0.1, 0.15) is 18.2 Å². The van der Waals surface area contributed by atoms with Crippen molar-refractivity contribution in [3.8, 4) is 0 Å². The molecule has 17 heavy (non-hydrogen) atoms. The molecule has 0 aromatic carbocycles. The number of methoxy groups -OCH3 is 1. The fourth-order valence-corrected chi connectivity index (χ4v) is 2.77. The van der Waals surface area contributed by atoms with E-state index in [1.807, 2.05) is 23.2 Å². The molecule has 5 heteroatoms. The Labute approximate surface area is 111 Å². The van der Waals surface area contributed by atoms with Crippen molar-refractivity contribution < 1.29 is 9.53 Å². The van der Waals surface area contributed by atoms with E-state index >= 15 is 0 Å². The first-order valence-electron chi connectivity index (χ1n) is 5.69. The van der Waals surface area contributed by atoms with Crippen LogP contribution in [0, 0.1) is 0 Å². The van der Waals surface area contributed by atoms with Gasteiger partial charge < -0.3 is 4.74 Å². The van der Waals surface area contributed by atoms with Gasteiger partial charge in [0.05, 0.1) is 7.11 Å². The van der Waals surface area contributed by atoms with Gasteiger partial charge in [0.15, 0.2) is 0 Å². The third-order valence-electron chi connectivity index (χ3n) is 2.34. The Hall–Kier alpha value is -0.520. The van der Waals surface area contributed by atoms with E-state index in [2.05, 4.69) is 18.3 Å². The van der Waals surface area contributed by atoms with Gasteiger partial charge in [0, 0.05) is 11.4 Å². The second kappa shape index (κ2) is 8.55. The molecular weight excluding hydrogens is 254 g/mol. The van der Waals surface area contributed by atoms with Gasteiger partial charge in [0.1, 0.15) is 6.04 Å². The number of thioether (sulfide) groups is 1. The second-order valence-corrected chi connectivity index (χ2v) is 5.95. The van der Waals surface area contributed by atoms with Crippen molar-refractivity contribution in [3.63, 3.8) is 0 Å². The molecule has 0 radical (unpaired) electrons. The Morgan fingerprint density at radius 3 is 3.06 bits per heavy atom. The number of esters is 1. The molecule has 0 aliphatic heterocycles. The monoisotopic (exact) mass is 273 g/mol. The Morgan fingerprint density at radius 1 is 1.65 bits per heavy atom. The van der Waals surface area contributed by atoms with Crippen molar-refractivity contribution in [2.75, 3.05) is 18.6 Å². The molecule has 0 bridgehead atoms. The molecule has 0 aliphatic rings. The van der Waals surface area contributed by atoms with Crippen LogP contribution in [0.2, 0.25) is 0 Å². The molecule has 0 spiro atoms. The summed E-state index contributed by atoms with van der Waals surface area (Å²) in [4.78, 5) is 12.8. The number of rotatable bonds is 8. The van der Waals surface area contributed by atoms with E-state index in [1.165, 1.54) is 12.0 Å². The van der Waals surface area contributed by atoms with E-state index in [0.29, 0.717) is 0 Å². The van der Waals surface area contributed by atoms with Gasteiger partial charge in [-0.25, -0.2) is 0 Å². The minimum Gasteiger partial charge on any atom is -0.468 e. The highest BCUT2D eigenvalue weighted by atomic mass is 32.2. The Bertz CT molecular complexity index is 314. The van der Waals surface area contributed by atoms with Crippen molar-refractivity contribution in [2.45, 2.75) is 25.9 Å². The molecule has 1 N–H and O–H groups in total. The summed E-state index contributed by atoms with van der Waals surface area (Å²) >= 11 is 3.54. The summed E-state index contributed by atoms with van der Waals surface area (Å²) in [5.41, 5.74) is 0. The third-order valence-corrected chi connectivity index (χ3v) is 4.15. The maximum absolute atomic E-state index is 11.6. The first kappa shape index (κ1) is 14.5. The Morgan fingerprint density at radius 2 is 2.47 bits per heavy atom. The van der Waals surface area contributed by atoms with Gasteiger partial charge in [-0.1, -0.05) is 13.0 Å². The van der Waals surface area contributed by atoms with Crippen molar-refractivity contribution in [2.24, 2.45) is 0 Å². The van der Waals surface area contributed by atoms with Crippen LogP contribution in [-0.4, -0.2) is 30.6 Å². The van der Waals surface area contributed by atoms with E-state index in [0.717, 1.165) is 24.5 Å². The predicted octanol–water partition coefficient (Wildman–Crippen LogP) is 2.52. The highest BCUT2D eigenvalue weighted by Crippen LogP contribution is 2.10. The fourth-order valence-electron chi connectivity index (χ4n) is 1.43. The molecule has 1 rings (SSSR count). The third kappa shape index (κ3) is 5.57. The van der Waals surface area contributed by atoms with Crippen LogP contribution in [0.3, 0.4) is 0 Å². The van der Waals surface area contributed by atoms with Gasteiger partial charge >= 0.3 is 5.97 Å². The van der Waals surface area contributed by atoms with Gasteiger partial charge in [-0.05, 0) is 29.4 Å². The number of nitrogens with one attached hydrogen (secondary N) is 1. The van der Waals surface area contributed by atoms with Gasteiger partial charge in [0.2, 0.25) is 0 Å². The highest BCUT2D eigenvalue weighted by molar-refractivity contribution is 7.99. The molecule has 0 fully saturated rings. The molecule has 1 unspecified atom stereocenters. The molecule has 0 amide bonds. The Balaban J connectivity index is 2.37. The first-order chi connectivity index (χ1) is 8.27. The number of hydrogen-bond donors (Lipinski definition) is 1. The summed E-state index contributed by atoms with van der Waals surface area (Å²) in [6.45, 7) is 2.85. The van der Waals surface area contributed by atoms with Crippen LogP contribution in [0.15, 0.2) is 17.5 Å². The lowest BCUT2D eigenvalue weighted by molar-refractivity contribution is -0.143. The number of ether oxygens (including phenoxy) is 1. The molecule has 1 aromatic heterocycles. The highest BCUT2D eigenvalue weighted by Gasteiger charge is 2.17. The molecule has 1 aromatic rings. The van der Waals surface area contributed by atoms with E-state index < -0.39 is 0 Å². The summed E-state index contributed by atoms with van der Waals surface area (Å²) in [6, 6.07) is 3.88. The Kier molecular flexibility index (Phi) is 7.32. The summed E-state index contributed by atoms with van der Waals surface area (Å²) in [6.07, 6.45) is 0.816. The first-order valence-corrected chi connectivity index (χ1v) is 7.72. The zero-order chi connectivity index (χ0) is 12.5. The second-order valence-electron chi connectivity index (χ2n) is 3.52. The average Bonchev–Trinajstić information content (AvgIpc) is 2.85. The van der Waals surface area contributed by atoms with Crippen molar-refractivity contribution >= 4 is 29.1 Å². The topological polar surface area (TPSA) is 38.3 Å².